The zero-order valence-electron chi connectivity index (χ0n) is 13.7. The van der Waals surface area contributed by atoms with Crippen molar-refractivity contribution in [2.75, 3.05) is 39.3 Å². The molecule has 2 heterocycles. The molecule has 3 rings (SSSR count). The molecule has 1 saturated carbocycles. The van der Waals surface area contributed by atoms with Gasteiger partial charge in [-0.25, -0.2) is 0 Å². The molecule has 1 aliphatic carbocycles. The van der Waals surface area contributed by atoms with Gasteiger partial charge >= 0.3 is 0 Å². The maximum Gasteiger partial charge on any atom is 0.257 e. The van der Waals surface area contributed by atoms with Crippen molar-refractivity contribution in [3.8, 4) is 0 Å². The first kappa shape index (κ1) is 16.1. The molecule has 1 aromatic rings. The minimum Gasteiger partial charge on any atom is -0.472 e. The molecule has 0 aromatic carbocycles. The largest absolute Gasteiger partial charge is 0.472 e. The van der Waals surface area contributed by atoms with Crippen LogP contribution >= 0.6 is 0 Å². The molecule has 6 heteroatoms. The minimum atomic E-state index is -0.0233. The molecule has 0 N–H and O–H groups in total. The Morgan fingerprint density at radius 2 is 2.00 bits per heavy atom. The van der Waals surface area contributed by atoms with Crippen molar-refractivity contribution in [3.05, 3.63) is 24.2 Å². The molecule has 0 unspecified atom stereocenters. The van der Waals surface area contributed by atoms with E-state index < -0.39 is 0 Å². The number of hydrogen-bond donors (Lipinski definition) is 0. The topological polar surface area (TPSA) is 57.0 Å². The van der Waals surface area contributed by atoms with Crippen molar-refractivity contribution < 1.29 is 14.0 Å². The van der Waals surface area contributed by atoms with Gasteiger partial charge in [-0.2, -0.15) is 0 Å². The van der Waals surface area contributed by atoms with Gasteiger partial charge in [-0.1, -0.05) is 6.92 Å². The van der Waals surface area contributed by atoms with Crippen molar-refractivity contribution in [1.29, 1.82) is 0 Å². The van der Waals surface area contributed by atoms with Crippen molar-refractivity contribution in [1.82, 2.24) is 14.7 Å². The van der Waals surface area contributed by atoms with Crippen LogP contribution in [0.5, 0.6) is 0 Å². The molecule has 0 bridgehead atoms. The standard InChI is InChI=1S/C17H25N3O3/c1-2-18-8-10-19(11-9-18)16(21)5-7-20(15-3-4-15)17(22)14-6-12-23-13-14/h6,12-13,15H,2-5,7-11H2,1H3. The number of nitrogens with zero attached hydrogens (tertiary/aromatic N) is 3. The van der Waals surface area contributed by atoms with E-state index in [9.17, 15) is 9.59 Å². The normalized spacial score (nSPS) is 18.9. The lowest BCUT2D eigenvalue weighted by Gasteiger charge is -2.34. The number of likely N-dealkylation sites (N-methyl/N-ethyl adjacent to an activating group) is 1. The molecule has 2 fully saturated rings. The molecule has 0 spiro atoms. The van der Waals surface area contributed by atoms with E-state index in [1.165, 1.54) is 12.5 Å². The Kier molecular flexibility index (Phi) is 5.00. The SMILES string of the molecule is CCN1CCN(C(=O)CCN(C(=O)c2ccoc2)C2CC2)CC1. The van der Waals surface area contributed by atoms with Gasteiger partial charge in [0.1, 0.15) is 6.26 Å². The Hall–Kier alpha value is -1.82. The van der Waals surface area contributed by atoms with Crippen LogP contribution in [-0.4, -0.2) is 71.8 Å². The Bertz CT molecular complexity index is 531. The third-order valence-electron chi connectivity index (χ3n) is 4.76. The second-order valence-corrected chi connectivity index (χ2v) is 6.31. The number of amides is 2. The Morgan fingerprint density at radius 1 is 1.26 bits per heavy atom. The zero-order valence-corrected chi connectivity index (χ0v) is 13.7. The molecular formula is C17H25N3O3. The molecule has 0 atom stereocenters. The van der Waals surface area contributed by atoms with Gasteiger partial charge in [0.2, 0.25) is 5.91 Å². The van der Waals surface area contributed by atoms with E-state index in [-0.39, 0.29) is 11.8 Å². The smallest absolute Gasteiger partial charge is 0.257 e. The van der Waals surface area contributed by atoms with Gasteiger partial charge < -0.3 is 19.1 Å². The van der Waals surface area contributed by atoms with E-state index in [1.807, 2.05) is 9.80 Å². The van der Waals surface area contributed by atoms with Crippen LogP contribution in [0, 0.1) is 0 Å². The van der Waals surface area contributed by atoms with Crippen LogP contribution in [0.15, 0.2) is 23.0 Å². The second kappa shape index (κ2) is 7.17. The Balaban J connectivity index is 1.51. The minimum absolute atomic E-state index is 0.0233. The molecular weight excluding hydrogens is 294 g/mol. The molecule has 0 radical (unpaired) electrons. The van der Waals surface area contributed by atoms with Gasteiger partial charge in [0.25, 0.3) is 5.91 Å². The van der Waals surface area contributed by atoms with Crippen LogP contribution in [0.2, 0.25) is 0 Å². The average molecular weight is 319 g/mol. The third kappa shape index (κ3) is 3.93. The van der Waals surface area contributed by atoms with Gasteiger partial charge in [0.15, 0.2) is 0 Å². The van der Waals surface area contributed by atoms with Gasteiger partial charge in [-0.15, -0.1) is 0 Å². The predicted molar refractivity (Wildman–Crippen MR) is 86.1 cm³/mol. The highest BCUT2D eigenvalue weighted by molar-refractivity contribution is 5.94. The summed E-state index contributed by atoms with van der Waals surface area (Å²) in [7, 11) is 0. The summed E-state index contributed by atoms with van der Waals surface area (Å²) in [6.45, 7) is 7.17. The van der Waals surface area contributed by atoms with E-state index >= 15 is 0 Å². The lowest BCUT2D eigenvalue weighted by atomic mass is 10.2. The maximum absolute atomic E-state index is 12.5. The van der Waals surface area contributed by atoms with E-state index in [2.05, 4.69) is 11.8 Å². The van der Waals surface area contributed by atoms with Crippen molar-refractivity contribution >= 4 is 11.8 Å². The van der Waals surface area contributed by atoms with Crippen LogP contribution in [-0.2, 0) is 4.79 Å². The van der Waals surface area contributed by atoms with Crippen LogP contribution in [0.3, 0.4) is 0 Å². The Labute approximate surface area is 137 Å². The lowest BCUT2D eigenvalue weighted by molar-refractivity contribution is -0.133. The van der Waals surface area contributed by atoms with Crippen molar-refractivity contribution in [2.24, 2.45) is 0 Å². The van der Waals surface area contributed by atoms with E-state index in [0.29, 0.717) is 24.6 Å². The third-order valence-corrected chi connectivity index (χ3v) is 4.76. The molecule has 23 heavy (non-hydrogen) atoms. The fourth-order valence-corrected chi connectivity index (χ4v) is 3.08. The summed E-state index contributed by atoms with van der Waals surface area (Å²) < 4.78 is 5.00. The number of carbonyl (C=O) groups is 2. The fraction of sp³-hybridized carbons (Fsp3) is 0.647. The number of rotatable bonds is 6. The van der Waals surface area contributed by atoms with Crippen LogP contribution in [0.4, 0.5) is 0 Å². The molecule has 1 aliphatic heterocycles. The second-order valence-electron chi connectivity index (χ2n) is 6.31. The van der Waals surface area contributed by atoms with E-state index in [0.717, 1.165) is 45.6 Å². The maximum atomic E-state index is 12.5. The number of piperazine rings is 1. The summed E-state index contributed by atoms with van der Waals surface area (Å²) in [6.07, 6.45) is 5.46. The molecule has 126 valence electrons. The monoisotopic (exact) mass is 319 g/mol. The van der Waals surface area contributed by atoms with Crippen LogP contribution < -0.4 is 0 Å². The van der Waals surface area contributed by atoms with Gasteiger partial charge in [-0.05, 0) is 25.5 Å². The summed E-state index contributed by atoms with van der Waals surface area (Å²) in [5.41, 5.74) is 0.570. The fourth-order valence-electron chi connectivity index (χ4n) is 3.08. The highest BCUT2D eigenvalue weighted by atomic mass is 16.3. The Morgan fingerprint density at radius 3 is 2.57 bits per heavy atom. The molecule has 1 aromatic heterocycles. The summed E-state index contributed by atoms with van der Waals surface area (Å²) in [6, 6.07) is 1.98. The molecule has 6 nitrogen and oxygen atoms in total. The average Bonchev–Trinajstić information content (AvgIpc) is 3.27. The first-order valence-electron chi connectivity index (χ1n) is 8.52. The quantitative estimate of drug-likeness (QED) is 0.796. The number of hydrogen-bond acceptors (Lipinski definition) is 4. The summed E-state index contributed by atoms with van der Waals surface area (Å²) in [5, 5.41) is 0. The molecule has 2 aliphatic rings. The number of furan rings is 1. The highest BCUT2D eigenvalue weighted by Crippen LogP contribution is 2.28. The molecule has 1 saturated heterocycles. The van der Waals surface area contributed by atoms with Gasteiger partial charge in [0.05, 0.1) is 11.8 Å². The van der Waals surface area contributed by atoms with Gasteiger partial charge in [-0.3, -0.25) is 9.59 Å². The van der Waals surface area contributed by atoms with Crippen molar-refractivity contribution in [2.45, 2.75) is 32.2 Å². The summed E-state index contributed by atoms with van der Waals surface area (Å²) in [4.78, 5) is 31.0. The van der Waals surface area contributed by atoms with E-state index in [1.54, 1.807) is 6.07 Å². The van der Waals surface area contributed by atoms with Crippen LogP contribution in [0.1, 0.15) is 36.5 Å². The molecule has 2 amide bonds. The first-order chi connectivity index (χ1) is 11.2. The zero-order chi connectivity index (χ0) is 16.2. The lowest BCUT2D eigenvalue weighted by Crippen LogP contribution is -2.49. The predicted octanol–water partition coefficient (Wildman–Crippen LogP) is 1.44. The summed E-state index contributed by atoms with van der Waals surface area (Å²) in [5.74, 6) is 0.135. The summed E-state index contributed by atoms with van der Waals surface area (Å²) >= 11 is 0. The van der Waals surface area contributed by atoms with Crippen molar-refractivity contribution in [3.63, 3.8) is 0 Å². The van der Waals surface area contributed by atoms with Gasteiger partial charge in [0, 0.05) is 45.2 Å². The van der Waals surface area contributed by atoms with Crippen LogP contribution in [0.25, 0.3) is 0 Å². The van der Waals surface area contributed by atoms with E-state index in [4.69, 9.17) is 4.42 Å². The highest BCUT2D eigenvalue weighted by Gasteiger charge is 2.34. The first-order valence-corrected chi connectivity index (χ1v) is 8.52. The number of carbonyl (C=O) groups excluding carboxylic acids is 2.